The molecule has 1 aromatic carbocycles. The second-order valence-corrected chi connectivity index (χ2v) is 5.23. The Morgan fingerprint density at radius 1 is 1.18 bits per heavy atom. The van der Waals surface area contributed by atoms with Gasteiger partial charge in [-0.2, -0.15) is 0 Å². The van der Waals surface area contributed by atoms with Crippen molar-refractivity contribution < 1.29 is 24.2 Å². The standard InChI is InChI=1S/C17H24O5/c1-4-7-14(8-5-2)22-17(20)12(3)21-15-10-6-9-13(11-15)16(18)19/h6,9-12,14H,4-5,7-8H2,1-3H3,(H,18,19). The van der Waals surface area contributed by atoms with Crippen molar-refractivity contribution >= 4 is 11.9 Å². The molecule has 1 N–H and O–H groups in total. The van der Waals surface area contributed by atoms with Crippen molar-refractivity contribution in [2.45, 2.75) is 58.7 Å². The number of hydrogen-bond donors (Lipinski definition) is 1. The van der Waals surface area contributed by atoms with Crippen LogP contribution in [-0.4, -0.2) is 29.3 Å². The van der Waals surface area contributed by atoms with Gasteiger partial charge in [0, 0.05) is 0 Å². The van der Waals surface area contributed by atoms with Crippen LogP contribution in [0.5, 0.6) is 5.75 Å². The lowest BCUT2D eigenvalue weighted by atomic mass is 10.1. The summed E-state index contributed by atoms with van der Waals surface area (Å²) in [5, 5.41) is 8.94. The van der Waals surface area contributed by atoms with E-state index < -0.39 is 18.0 Å². The molecule has 0 heterocycles. The third kappa shape index (κ3) is 5.76. The Morgan fingerprint density at radius 2 is 1.82 bits per heavy atom. The Kier molecular flexibility index (Phi) is 7.43. The Hall–Kier alpha value is -2.04. The molecule has 0 saturated heterocycles. The Labute approximate surface area is 131 Å². The van der Waals surface area contributed by atoms with Gasteiger partial charge in [0.25, 0.3) is 0 Å². The van der Waals surface area contributed by atoms with Gasteiger partial charge in [-0.15, -0.1) is 0 Å². The second kappa shape index (κ2) is 9.07. The number of hydrogen-bond acceptors (Lipinski definition) is 4. The van der Waals surface area contributed by atoms with E-state index >= 15 is 0 Å². The highest BCUT2D eigenvalue weighted by atomic mass is 16.6. The van der Waals surface area contributed by atoms with E-state index in [1.807, 2.05) is 13.8 Å². The average Bonchev–Trinajstić information content (AvgIpc) is 2.47. The van der Waals surface area contributed by atoms with Gasteiger partial charge < -0.3 is 14.6 Å². The lowest BCUT2D eigenvalue weighted by Gasteiger charge is -2.20. The normalized spacial score (nSPS) is 12.0. The highest BCUT2D eigenvalue weighted by molar-refractivity contribution is 5.88. The van der Waals surface area contributed by atoms with Gasteiger partial charge in [-0.25, -0.2) is 9.59 Å². The van der Waals surface area contributed by atoms with Crippen molar-refractivity contribution in [2.75, 3.05) is 0 Å². The lowest BCUT2D eigenvalue weighted by molar-refractivity contribution is -0.157. The summed E-state index contributed by atoms with van der Waals surface area (Å²) in [6.07, 6.45) is 2.71. The van der Waals surface area contributed by atoms with Gasteiger partial charge in [-0.1, -0.05) is 32.8 Å². The second-order valence-electron chi connectivity index (χ2n) is 5.23. The number of aromatic carboxylic acids is 1. The van der Waals surface area contributed by atoms with Gasteiger partial charge in [-0.05, 0) is 38.0 Å². The molecule has 1 rings (SSSR count). The molecule has 0 aliphatic carbocycles. The van der Waals surface area contributed by atoms with Gasteiger partial charge in [0.15, 0.2) is 6.10 Å². The smallest absolute Gasteiger partial charge is 0.347 e. The van der Waals surface area contributed by atoms with Crippen LogP contribution >= 0.6 is 0 Å². The largest absolute Gasteiger partial charge is 0.479 e. The maximum absolute atomic E-state index is 12.1. The predicted octanol–water partition coefficient (Wildman–Crippen LogP) is 3.66. The molecule has 0 spiro atoms. The van der Waals surface area contributed by atoms with Crippen molar-refractivity contribution in [3.63, 3.8) is 0 Å². The maximum atomic E-state index is 12.1. The highest BCUT2D eigenvalue weighted by Crippen LogP contribution is 2.17. The summed E-state index contributed by atoms with van der Waals surface area (Å²) in [5.41, 5.74) is 0.118. The SMILES string of the molecule is CCCC(CCC)OC(=O)C(C)Oc1cccc(C(=O)O)c1. The van der Waals surface area contributed by atoms with Gasteiger partial charge in [0.1, 0.15) is 11.9 Å². The molecule has 0 aromatic heterocycles. The number of rotatable bonds is 9. The van der Waals surface area contributed by atoms with Crippen LogP contribution in [0, 0.1) is 0 Å². The van der Waals surface area contributed by atoms with Crippen LogP contribution in [0.25, 0.3) is 0 Å². The van der Waals surface area contributed by atoms with E-state index in [0.717, 1.165) is 25.7 Å². The Balaban J connectivity index is 2.63. The fourth-order valence-electron chi connectivity index (χ4n) is 2.12. The summed E-state index contributed by atoms with van der Waals surface area (Å²) in [5.74, 6) is -1.12. The van der Waals surface area contributed by atoms with Crippen molar-refractivity contribution in [3.8, 4) is 5.75 Å². The lowest BCUT2D eigenvalue weighted by Crippen LogP contribution is -2.30. The predicted molar refractivity (Wildman–Crippen MR) is 83.2 cm³/mol. The van der Waals surface area contributed by atoms with Crippen LogP contribution in [0.2, 0.25) is 0 Å². The van der Waals surface area contributed by atoms with Crippen molar-refractivity contribution in [1.82, 2.24) is 0 Å². The van der Waals surface area contributed by atoms with E-state index in [2.05, 4.69) is 0 Å². The minimum absolute atomic E-state index is 0.0843. The fourth-order valence-corrected chi connectivity index (χ4v) is 2.12. The van der Waals surface area contributed by atoms with Crippen LogP contribution < -0.4 is 4.74 Å². The molecule has 5 heteroatoms. The zero-order chi connectivity index (χ0) is 16.5. The molecule has 0 bridgehead atoms. The van der Waals surface area contributed by atoms with E-state index in [1.165, 1.54) is 12.1 Å². The van der Waals surface area contributed by atoms with Gasteiger partial charge >= 0.3 is 11.9 Å². The van der Waals surface area contributed by atoms with Gasteiger partial charge in [0.2, 0.25) is 0 Å². The molecule has 0 fully saturated rings. The van der Waals surface area contributed by atoms with Crippen LogP contribution in [0.15, 0.2) is 24.3 Å². The third-order valence-electron chi connectivity index (χ3n) is 3.23. The van der Waals surface area contributed by atoms with Crippen molar-refractivity contribution in [2.24, 2.45) is 0 Å². The van der Waals surface area contributed by atoms with E-state index in [9.17, 15) is 9.59 Å². The minimum atomic E-state index is -1.04. The summed E-state index contributed by atoms with van der Waals surface area (Å²) in [6.45, 7) is 5.70. The quantitative estimate of drug-likeness (QED) is 0.705. The summed E-state index contributed by atoms with van der Waals surface area (Å²) in [4.78, 5) is 23.0. The number of carboxylic acid groups (broad SMARTS) is 1. The van der Waals surface area contributed by atoms with E-state index in [1.54, 1.807) is 19.1 Å². The molecule has 0 radical (unpaired) electrons. The first-order chi connectivity index (χ1) is 10.5. The molecule has 5 nitrogen and oxygen atoms in total. The first-order valence-corrected chi connectivity index (χ1v) is 7.68. The molecule has 0 amide bonds. The Morgan fingerprint density at radius 3 is 2.36 bits per heavy atom. The molecular formula is C17H24O5. The number of benzene rings is 1. The minimum Gasteiger partial charge on any atom is -0.479 e. The zero-order valence-corrected chi connectivity index (χ0v) is 13.4. The van der Waals surface area contributed by atoms with Crippen LogP contribution in [0.4, 0.5) is 0 Å². The molecule has 1 aromatic rings. The number of esters is 1. The van der Waals surface area contributed by atoms with Gasteiger partial charge in [-0.3, -0.25) is 0 Å². The van der Waals surface area contributed by atoms with Crippen LogP contribution in [-0.2, 0) is 9.53 Å². The average molecular weight is 308 g/mol. The first-order valence-electron chi connectivity index (χ1n) is 7.68. The van der Waals surface area contributed by atoms with Crippen molar-refractivity contribution in [3.05, 3.63) is 29.8 Å². The highest BCUT2D eigenvalue weighted by Gasteiger charge is 2.21. The zero-order valence-electron chi connectivity index (χ0n) is 13.4. The molecule has 1 unspecified atom stereocenters. The maximum Gasteiger partial charge on any atom is 0.347 e. The molecular weight excluding hydrogens is 284 g/mol. The number of ether oxygens (including phenoxy) is 2. The molecule has 0 aliphatic rings. The molecule has 0 aliphatic heterocycles. The number of carboxylic acids is 1. The van der Waals surface area contributed by atoms with Crippen LogP contribution in [0.1, 0.15) is 56.8 Å². The molecule has 0 saturated carbocycles. The fraction of sp³-hybridized carbons (Fsp3) is 0.529. The topological polar surface area (TPSA) is 72.8 Å². The number of carbonyl (C=O) groups is 2. The monoisotopic (exact) mass is 308 g/mol. The summed E-state index contributed by atoms with van der Waals surface area (Å²) >= 11 is 0. The summed E-state index contributed by atoms with van der Waals surface area (Å²) in [7, 11) is 0. The molecule has 1 atom stereocenters. The Bertz CT molecular complexity index is 492. The molecule has 22 heavy (non-hydrogen) atoms. The molecule has 122 valence electrons. The van der Waals surface area contributed by atoms with E-state index in [-0.39, 0.29) is 11.7 Å². The van der Waals surface area contributed by atoms with Crippen molar-refractivity contribution in [1.29, 1.82) is 0 Å². The summed E-state index contributed by atoms with van der Waals surface area (Å²) in [6, 6.07) is 6.05. The summed E-state index contributed by atoms with van der Waals surface area (Å²) < 4.78 is 10.9. The number of carbonyl (C=O) groups excluding carboxylic acids is 1. The van der Waals surface area contributed by atoms with E-state index in [0.29, 0.717) is 5.75 Å². The van der Waals surface area contributed by atoms with Crippen LogP contribution in [0.3, 0.4) is 0 Å². The first kappa shape index (κ1) is 18.0. The van der Waals surface area contributed by atoms with Gasteiger partial charge in [0.05, 0.1) is 5.56 Å². The third-order valence-corrected chi connectivity index (χ3v) is 3.23. The van der Waals surface area contributed by atoms with E-state index in [4.69, 9.17) is 14.6 Å².